The first-order valence-electron chi connectivity index (χ1n) is 1.19. The topological polar surface area (TPSA) is 57.6 Å². The SMILES string of the molecule is O=CN(O)C=O. The second-order valence-electron chi connectivity index (χ2n) is 0.591. The molecular formula is C2H3NO3. The Morgan fingerprint density at radius 2 is 1.67 bits per heavy atom. The summed E-state index contributed by atoms with van der Waals surface area (Å²) in [6, 6.07) is 0. The lowest BCUT2D eigenvalue weighted by Crippen LogP contribution is -2.12. The van der Waals surface area contributed by atoms with Crippen LogP contribution in [-0.2, 0) is 9.59 Å². The van der Waals surface area contributed by atoms with Gasteiger partial charge in [-0.1, -0.05) is 0 Å². The predicted molar refractivity (Wildman–Crippen MR) is 15.8 cm³/mol. The first kappa shape index (κ1) is 5.10. The summed E-state index contributed by atoms with van der Waals surface area (Å²) in [7, 11) is 0. The fourth-order valence-electron chi connectivity index (χ4n) is 0.0248. The molecule has 2 amide bonds. The molecule has 4 heteroatoms. The monoisotopic (exact) mass is 89.0 g/mol. The average molecular weight is 89.0 g/mol. The van der Waals surface area contributed by atoms with Crippen LogP contribution in [0.25, 0.3) is 0 Å². The van der Waals surface area contributed by atoms with Crippen molar-refractivity contribution in [2.45, 2.75) is 0 Å². The van der Waals surface area contributed by atoms with Crippen molar-refractivity contribution in [2.75, 3.05) is 0 Å². The number of amides is 2. The van der Waals surface area contributed by atoms with Gasteiger partial charge < -0.3 is 0 Å². The van der Waals surface area contributed by atoms with E-state index in [1.807, 2.05) is 0 Å². The van der Waals surface area contributed by atoms with Gasteiger partial charge in [0.1, 0.15) is 0 Å². The minimum absolute atomic E-state index is 0.00694. The molecule has 0 fully saturated rings. The Hall–Kier alpha value is -0.900. The van der Waals surface area contributed by atoms with Gasteiger partial charge in [0.2, 0.25) is 12.8 Å². The Kier molecular flexibility index (Phi) is 1.99. The summed E-state index contributed by atoms with van der Waals surface area (Å²) >= 11 is 0. The molecule has 0 saturated heterocycles. The molecule has 0 spiro atoms. The molecule has 0 aromatic carbocycles. The maximum Gasteiger partial charge on any atom is 0.240 e. The zero-order valence-corrected chi connectivity index (χ0v) is 2.87. The molecule has 0 radical (unpaired) electrons. The summed E-state index contributed by atoms with van der Waals surface area (Å²) in [6.45, 7) is 0. The quantitative estimate of drug-likeness (QED) is 0.268. The number of carbonyl (C=O) groups excluding carboxylic acids is 2. The van der Waals surface area contributed by atoms with Crippen molar-refractivity contribution >= 4 is 12.8 Å². The predicted octanol–water partition coefficient (Wildman–Crippen LogP) is -1.01. The van der Waals surface area contributed by atoms with Crippen LogP contribution in [0.4, 0.5) is 0 Å². The van der Waals surface area contributed by atoms with Crippen molar-refractivity contribution in [1.82, 2.24) is 5.06 Å². The standard InChI is InChI=1S/C2H3NO3/c4-1-3(6)2-5/h1-2,6H. The van der Waals surface area contributed by atoms with Gasteiger partial charge in [-0.15, -0.1) is 0 Å². The molecule has 0 bridgehead atoms. The van der Waals surface area contributed by atoms with E-state index in [1.54, 1.807) is 0 Å². The van der Waals surface area contributed by atoms with E-state index in [2.05, 4.69) is 0 Å². The lowest BCUT2D eigenvalue weighted by molar-refractivity contribution is -0.159. The van der Waals surface area contributed by atoms with Crippen molar-refractivity contribution in [3.63, 3.8) is 0 Å². The van der Waals surface area contributed by atoms with Gasteiger partial charge in [-0.25, -0.2) is 0 Å². The Balaban J connectivity index is 3.21. The molecule has 0 atom stereocenters. The van der Waals surface area contributed by atoms with Crippen LogP contribution in [0.2, 0.25) is 0 Å². The molecule has 0 aliphatic rings. The molecule has 4 nitrogen and oxygen atoms in total. The number of carbonyl (C=O) groups is 2. The van der Waals surface area contributed by atoms with Gasteiger partial charge >= 0.3 is 0 Å². The van der Waals surface area contributed by atoms with Crippen molar-refractivity contribution < 1.29 is 14.8 Å². The van der Waals surface area contributed by atoms with E-state index in [4.69, 9.17) is 5.21 Å². The minimum atomic E-state index is -0.111. The highest BCUT2D eigenvalue weighted by Crippen LogP contribution is 1.54. The lowest BCUT2D eigenvalue weighted by Gasteiger charge is -1.88. The fourth-order valence-corrected chi connectivity index (χ4v) is 0.0248. The maximum absolute atomic E-state index is 9.18. The van der Waals surface area contributed by atoms with Gasteiger partial charge in [-0.3, -0.25) is 14.8 Å². The third kappa shape index (κ3) is 1.42. The van der Waals surface area contributed by atoms with E-state index in [-0.39, 0.29) is 17.9 Å². The van der Waals surface area contributed by atoms with Crippen molar-refractivity contribution in [3.8, 4) is 0 Å². The highest BCUT2D eigenvalue weighted by molar-refractivity contribution is 5.65. The van der Waals surface area contributed by atoms with Crippen LogP contribution in [0.15, 0.2) is 0 Å². The Morgan fingerprint density at radius 1 is 1.33 bits per heavy atom. The highest BCUT2D eigenvalue weighted by Gasteiger charge is 1.82. The van der Waals surface area contributed by atoms with Gasteiger partial charge in [0.25, 0.3) is 0 Å². The Bertz CT molecular complexity index is 53.8. The summed E-state index contributed by atoms with van der Waals surface area (Å²) in [5.41, 5.74) is 0. The molecule has 6 heavy (non-hydrogen) atoms. The molecule has 0 aromatic rings. The second-order valence-corrected chi connectivity index (χ2v) is 0.591. The number of hydrogen-bond acceptors (Lipinski definition) is 3. The van der Waals surface area contributed by atoms with E-state index in [9.17, 15) is 9.59 Å². The van der Waals surface area contributed by atoms with Gasteiger partial charge in [0.05, 0.1) is 0 Å². The van der Waals surface area contributed by atoms with Crippen LogP contribution in [0.3, 0.4) is 0 Å². The van der Waals surface area contributed by atoms with Crippen molar-refractivity contribution in [2.24, 2.45) is 0 Å². The summed E-state index contributed by atoms with van der Waals surface area (Å²) < 4.78 is 0. The van der Waals surface area contributed by atoms with Crippen LogP contribution in [0, 0.1) is 0 Å². The first-order chi connectivity index (χ1) is 2.81. The smallest absolute Gasteiger partial charge is 0.240 e. The summed E-state index contributed by atoms with van der Waals surface area (Å²) in [5.74, 6) is 0. The average Bonchev–Trinajstić information content (AvgIpc) is 1.65. The zero-order valence-electron chi connectivity index (χ0n) is 2.87. The molecule has 34 valence electrons. The van der Waals surface area contributed by atoms with Crippen LogP contribution < -0.4 is 0 Å². The van der Waals surface area contributed by atoms with E-state index in [0.717, 1.165) is 0 Å². The molecule has 0 saturated carbocycles. The van der Waals surface area contributed by atoms with Gasteiger partial charge in [0, 0.05) is 0 Å². The molecule has 0 heterocycles. The van der Waals surface area contributed by atoms with Crippen LogP contribution in [0.5, 0.6) is 0 Å². The molecule has 0 aromatic heterocycles. The molecule has 1 N–H and O–H groups in total. The van der Waals surface area contributed by atoms with E-state index >= 15 is 0 Å². The number of hydrogen-bond donors (Lipinski definition) is 1. The Morgan fingerprint density at radius 3 is 1.67 bits per heavy atom. The largest absolute Gasteiger partial charge is 0.279 e. The van der Waals surface area contributed by atoms with Gasteiger partial charge in [-0.2, -0.15) is 5.06 Å². The van der Waals surface area contributed by atoms with E-state index in [0.29, 0.717) is 0 Å². The number of nitrogens with zero attached hydrogens (tertiary/aromatic N) is 1. The van der Waals surface area contributed by atoms with Gasteiger partial charge in [-0.05, 0) is 0 Å². The van der Waals surface area contributed by atoms with Crippen LogP contribution in [0.1, 0.15) is 0 Å². The van der Waals surface area contributed by atoms with Crippen molar-refractivity contribution in [3.05, 3.63) is 0 Å². The number of hydroxylamine groups is 2. The molecule has 0 aliphatic carbocycles. The molecular weight excluding hydrogens is 86.0 g/mol. The number of imide groups is 1. The summed E-state index contributed by atoms with van der Waals surface area (Å²) in [6.07, 6.45) is -0.0139. The maximum atomic E-state index is 9.18. The summed E-state index contributed by atoms with van der Waals surface area (Å²) in [5, 5.41) is 7.65. The van der Waals surface area contributed by atoms with Crippen LogP contribution >= 0.6 is 0 Å². The number of rotatable bonds is 2. The molecule has 0 unspecified atom stereocenters. The zero-order chi connectivity index (χ0) is 4.99. The van der Waals surface area contributed by atoms with Gasteiger partial charge in [0.15, 0.2) is 0 Å². The highest BCUT2D eigenvalue weighted by atomic mass is 16.5. The fraction of sp³-hybridized carbons (Fsp3) is 0. The van der Waals surface area contributed by atoms with Crippen molar-refractivity contribution in [1.29, 1.82) is 0 Å². The molecule has 0 rings (SSSR count). The minimum Gasteiger partial charge on any atom is -0.279 e. The van der Waals surface area contributed by atoms with E-state index in [1.165, 1.54) is 0 Å². The third-order valence-corrected chi connectivity index (χ3v) is 0.216. The second kappa shape index (κ2) is 2.34. The first-order valence-corrected chi connectivity index (χ1v) is 1.19. The molecule has 0 aliphatic heterocycles. The normalized spacial score (nSPS) is 6.83. The van der Waals surface area contributed by atoms with Crippen LogP contribution in [-0.4, -0.2) is 23.1 Å². The van der Waals surface area contributed by atoms with E-state index < -0.39 is 0 Å². The Labute approximate surface area is 33.9 Å². The third-order valence-electron chi connectivity index (χ3n) is 0.216. The summed E-state index contributed by atoms with van der Waals surface area (Å²) in [4.78, 5) is 18.4. The lowest BCUT2D eigenvalue weighted by atomic mass is 11.2.